The van der Waals surface area contributed by atoms with Gasteiger partial charge in [-0.05, 0) is 12.8 Å². The number of thioether (sulfide) groups is 1. The summed E-state index contributed by atoms with van der Waals surface area (Å²) in [5, 5.41) is 0.997. The molecule has 182 valence electrons. The fraction of sp³-hybridized carbons (Fsp3) is 0.926. The molecule has 0 aromatic rings. The number of rotatable bonds is 22. The number of nitrogens with zero attached hydrogens (tertiary/aromatic N) is 2. The van der Waals surface area contributed by atoms with Gasteiger partial charge in [-0.15, -0.1) is 0 Å². The Hall–Kier alpha value is -0.510. The van der Waals surface area contributed by atoms with E-state index in [1.807, 2.05) is 0 Å². The Labute approximate surface area is 198 Å². The van der Waals surface area contributed by atoms with Crippen molar-refractivity contribution in [2.75, 3.05) is 18.8 Å². The van der Waals surface area contributed by atoms with E-state index in [9.17, 15) is 4.79 Å². The molecule has 0 N–H and O–H groups in total. The lowest BCUT2D eigenvalue weighted by molar-refractivity contribution is -0.115. The highest BCUT2D eigenvalue weighted by Gasteiger charge is 2.20. The lowest BCUT2D eigenvalue weighted by atomic mass is 10.1. The van der Waals surface area contributed by atoms with Gasteiger partial charge in [-0.25, -0.2) is 0 Å². The first-order valence-corrected chi connectivity index (χ1v) is 14.8. The monoisotopic (exact) mass is 452 g/mol. The minimum atomic E-state index is 0.0520. The number of amidine groups is 1. The molecule has 0 aliphatic carbocycles. The number of carbonyl (C=O) groups is 1. The predicted octanol–water partition coefficient (Wildman–Crippen LogP) is 8.76. The molecule has 4 heteroatoms. The molecule has 0 bridgehead atoms. The van der Waals surface area contributed by atoms with Crippen molar-refractivity contribution in [2.24, 2.45) is 4.99 Å². The van der Waals surface area contributed by atoms with Crippen LogP contribution in [-0.2, 0) is 4.79 Å². The van der Waals surface area contributed by atoms with Gasteiger partial charge in [-0.1, -0.05) is 141 Å². The van der Waals surface area contributed by atoms with Gasteiger partial charge >= 0.3 is 0 Å². The first-order valence-electron chi connectivity index (χ1n) is 13.8. The normalized spacial score (nSPS) is 13.7. The van der Waals surface area contributed by atoms with Crippen LogP contribution in [0.25, 0.3) is 0 Å². The van der Waals surface area contributed by atoms with Crippen molar-refractivity contribution in [3.05, 3.63) is 0 Å². The van der Waals surface area contributed by atoms with E-state index in [0.717, 1.165) is 18.3 Å². The molecule has 1 heterocycles. The second-order valence-electron chi connectivity index (χ2n) is 9.43. The second kappa shape index (κ2) is 21.3. The molecule has 1 aliphatic rings. The summed E-state index contributed by atoms with van der Waals surface area (Å²) in [7, 11) is 0. The molecular formula is C27H52N2OS. The van der Waals surface area contributed by atoms with E-state index in [-0.39, 0.29) is 5.91 Å². The molecule has 0 unspecified atom stereocenters. The van der Waals surface area contributed by atoms with Crippen LogP contribution in [0, 0.1) is 0 Å². The topological polar surface area (TPSA) is 32.7 Å². The average molecular weight is 453 g/mol. The summed E-state index contributed by atoms with van der Waals surface area (Å²) in [5.41, 5.74) is 0. The molecule has 1 aliphatic heterocycles. The molecular weight excluding hydrogens is 400 g/mol. The maximum atomic E-state index is 11.6. The van der Waals surface area contributed by atoms with E-state index in [2.05, 4.69) is 23.7 Å². The van der Waals surface area contributed by atoms with E-state index < -0.39 is 0 Å². The molecule has 1 rings (SSSR count). The van der Waals surface area contributed by atoms with E-state index in [0.29, 0.717) is 5.75 Å². The van der Waals surface area contributed by atoms with Crippen molar-refractivity contribution in [1.82, 2.24) is 4.90 Å². The van der Waals surface area contributed by atoms with Crippen LogP contribution in [0.4, 0.5) is 0 Å². The van der Waals surface area contributed by atoms with Crippen LogP contribution in [0.5, 0.6) is 0 Å². The number of hydrogen-bond donors (Lipinski definition) is 0. The van der Waals surface area contributed by atoms with Crippen molar-refractivity contribution < 1.29 is 4.79 Å². The summed E-state index contributed by atoms with van der Waals surface area (Å²) < 4.78 is 0. The molecule has 1 amide bonds. The summed E-state index contributed by atoms with van der Waals surface area (Å²) in [6.07, 6.45) is 27.4. The molecule has 31 heavy (non-hydrogen) atoms. The Balaban J connectivity index is 2.08. The van der Waals surface area contributed by atoms with Crippen LogP contribution in [0.15, 0.2) is 4.99 Å². The Kier molecular flexibility index (Phi) is 19.6. The first-order chi connectivity index (χ1) is 15.3. The number of carbonyl (C=O) groups excluding carboxylic acids is 1. The van der Waals surface area contributed by atoms with Crippen LogP contribution >= 0.6 is 11.8 Å². The van der Waals surface area contributed by atoms with Gasteiger partial charge in [-0.2, -0.15) is 4.99 Å². The van der Waals surface area contributed by atoms with Crippen LogP contribution in [0.1, 0.15) is 142 Å². The molecule has 0 atom stereocenters. The quantitative estimate of drug-likeness (QED) is 0.154. The van der Waals surface area contributed by atoms with Gasteiger partial charge in [-0.3, -0.25) is 4.79 Å². The average Bonchev–Trinajstić information content (AvgIpc) is 3.21. The van der Waals surface area contributed by atoms with Crippen LogP contribution < -0.4 is 0 Å². The third kappa shape index (κ3) is 16.7. The van der Waals surface area contributed by atoms with Crippen molar-refractivity contribution >= 4 is 22.8 Å². The Bertz CT molecular complexity index is 429. The largest absolute Gasteiger partial charge is 0.351 e. The summed E-state index contributed by atoms with van der Waals surface area (Å²) in [4.78, 5) is 18.3. The van der Waals surface area contributed by atoms with Crippen molar-refractivity contribution in [3.63, 3.8) is 0 Å². The van der Waals surface area contributed by atoms with E-state index in [1.165, 1.54) is 128 Å². The zero-order valence-electron chi connectivity index (χ0n) is 21.0. The summed E-state index contributed by atoms with van der Waals surface area (Å²) in [6, 6.07) is 0. The van der Waals surface area contributed by atoms with Crippen LogP contribution in [0.3, 0.4) is 0 Å². The molecule has 3 nitrogen and oxygen atoms in total. The zero-order valence-corrected chi connectivity index (χ0v) is 21.8. The smallest absolute Gasteiger partial charge is 0.258 e. The third-order valence-electron chi connectivity index (χ3n) is 6.38. The summed E-state index contributed by atoms with van der Waals surface area (Å²) >= 11 is 1.65. The number of aliphatic imine (C=N–C) groups is 1. The minimum absolute atomic E-state index is 0.0520. The highest BCUT2D eigenvalue weighted by Crippen LogP contribution is 2.19. The standard InChI is InChI=1S/C27H52N2OS/c1-3-5-7-9-11-13-15-17-19-21-23-29(27-28-26(30)25-31-27)24-22-20-18-16-14-12-10-8-6-4-2/h3-25H2,1-2H3. The number of amides is 1. The number of unbranched alkanes of at least 4 members (excludes halogenated alkanes) is 18. The van der Waals surface area contributed by atoms with Gasteiger partial charge in [0.05, 0.1) is 5.75 Å². The highest BCUT2D eigenvalue weighted by atomic mass is 32.2. The van der Waals surface area contributed by atoms with Gasteiger partial charge < -0.3 is 4.90 Å². The maximum absolute atomic E-state index is 11.6. The maximum Gasteiger partial charge on any atom is 0.258 e. The van der Waals surface area contributed by atoms with Crippen LogP contribution in [-0.4, -0.2) is 34.8 Å². The lowest BCUT2D eigenvalue weighted by Crippen LogP contribution is -2.30. The van der Waals surface area contributed by atoms with Crippen molar-refractivity contribution in [1.29, 1.82) is 0 Å². The molecule has 0 saturated heterocycles. The SMILES string of the molecule is CCCCCCCCCCCCN(CCCCCCCCCCCC)C1=NC(=O)CS1. The number of hydrogen-bond acceptors (Lipinski definition) is 3. The molecule has 0 saturated carbocycles. The first kappa shape index (κ1) is 28.5. The van der Waals surface area contributed by atoms with Gasteiger partial charge in [0.2, 0.25) is 0 Å². The minimum Gasteiger partial charge on any atom is -0.351 e. The summed E-state index contributed by atoms with van der Waals surface area (Å²) in [6.45, 7) is 6.72. The Morgan fingerprint density at radius 2 is 0.968 bits per heavy atom. The highest BCUT2D eigenvalue weighted by molar-refractivity contribution is 8.14. The van der Waals surface area contributed by atoms with Crippen molar-refractivity contribution in [3.8, 4) is 0 Å². The Morgan fingerprint density at radius 1 is 0.613 bits per heavy atom. The van der Waals surface area contributed by atoms with Gasteiger partial charge in [0.1, 0.15) is 0 Å². The lowest BCUT2D eigenvalue weighted by Gasteiger charge is -2.23. The molecule has 0 aromatic carbocycles. The second-order valence-corrected chi connectivity index (χ2v) is 10.4. The third-order valence-corrected chi connectivity index (χ3v) is 7.38. The van der Waals surface area contributed by atoms with Gasteiger partial charge in [0, 0.05) is 13.1 Å². The molecule has 0 fully saturated rings. The van der Waals surface area contributed by atoms with Gasteiger partial charge in [0.25, 0.3) is 5.91 Å². The fourth-order valence-corrected chi connectivity index (χ4v) is 5.19. The van der Waals surface area contributed by atoms with Crippen molar-refractivity contribution in [2.45, 2.75) is 142 Å². The Morgan fingerprint density at radius 3 is 1.29 bits per heavy atom. The van der Waals surface area contributed by atoms with Crippen LogP contribution in [0.2, 0.25) is 0 Å². The fourth-order valence-electron chi connectivity index (χ4n) is 4.34. The molecule has 0 radical (unpaired) electrons. The predicted molar refractivity (Wildman–Crippen MR) is 140 cm³/mol. The molecule has 0 spiro atoms. The van der Waals surface area contributed by atoms with Gasteiger partial charge in [0.15, 0.2) is 5.17 Å². The van der Waals surface area contributed by atoms with E-state index >= 15 is 0 Å². The van der Waals surface area contributed by atoms with E-state index in [4.69, 9.17) is 0 Å². The zero-order chi connectivity index (χ0) is 22.4. The van der Waals surface area contributed by atoms with E-state index in [1.54, 1.807) is 11.8 Å². The summed E-state index contributed by atoms with van der Waals surface area (Å²) in [5.74, 6) is 0.596. The molecule has 0 aromatic heterocycles.